The molecule has 7 rings (SSSR count). The molecule has 0 amide bonds. The van der Waals surface area contributed by atoms with Crippen LogP contribution in [0.15, 0.2) is 128 Å². The van der Waals surface area contributed by atoms with E-state index in [1.54, 1.807) is 6.07 Å². The Morgan fingerprint density at radius 3 is 1.98 bits per heavy atom. The van der Waals surface area contributed by atoms with Crippen molar-refractivity contribution < 1.29 is 26.2 Å². The van der Waals surface area contributed by atoms with Crippen LogP contribution < -0.4 is 0 Å². The Morgan fingerprint density at radius 1 is 0.612 bits per heavy atom. The van der Waals surface area contributed by atoms with Crippen LogP contribution in [-0.2, 0) is 31.9 Å². The van der Waals surface area contributed by atoms with Gasteiger partial charge in [0.2, 0.25) is 0 Å². The van der Waals surface area contributed by atoms with Gasteiger partial charge in [0, 0.05) is 38.6 Å². The first-order chi connectivity index (χ1) is 23.0. The molecule has 0 aliphatic carbocycles. The van der Waals surface area contributed by atoms with Crippen LogP contribution in [0.2, 0.25) is 0 Å². The Bertz CT molecular complexity index is 2260. The molecule has 0 aliphatic rings. The molecule has 7 aromatic rings. The molecule has 0 radical (unpaired) electrons. The molecule has 0 unspecified atom stereocenters. The molecule has 248 valence electrons. The first-order valence-corrected chi connectivity index (χ1v) is 16.5. The number of phenols is 1. The van der Waals surface area contributed by atoms with E-state index in [0.717, 1.165) is 50.2 Å². The van der Waals surface area contributed by atoms with Gasteiger partial charge in [-0.1, -0.05) is 125 Å². The summed E-state index contributed by atoms with van der Waals surface area (Å²) in [5.41, 5.74) is 11.6. The van der Waals surface area contributed by atoms with E-state index in [1.165, 1.54) is 11.1 Å². The van der Waals surface area contributed by atoms with Crippen LogP contribution in [0.5, 0.6) is 5.75 Å². The number of para-hydroxylation sites is 2. The average Bonchev–Trinajstić information content (AvgIpc) is 3.48. The smallest absolute Gasteiger partial charge is 0.148 e. The van der Waals surface area contributed by atoms with Crippen molar-refractivity contribution in [1.82, 2.24) is 14.5 Å². The summed E-state index contributed by atoms with van der Waals surface area (Å²) in [6.45, 7) is 13.4. The number of aromatic hydroxyl groups is 1. The molecule has 2 aromatic heterocycles. The average molecular weight is 822 g/mol. The summed E-state index contributed by atoms with van der Waals surface area (Å²) in [6, 6.07) is 45.0. The molecular weight excluding hydrogens is 782 g/mol. The number of benzene rings is 5. The molecule has 0 fully saturated rings. The Morgan fingerprint density at radius 2 is 1.29 bits per heavy atom. The van der Waals surface area contributed by atoms with E-state index in [-0.39, 0.29) is 37.6 Å². The van der Waals surface area contributed by atoms with Crippen molar-refractivity contribution in [3.63, 3.8) is 0 Å². The maximum Gasteiger partial charge on any atom is 0.148 e. The summed E-state index contributed by atoms with van der Waals surface area (Å²) in [6.07, 6.45) is 1.90. The van der Waals surface area contributed by atoms with E-state index in [2.05, 4.69) is 119 Å². The van der Waals surface area contributed by atoms with Crippen molar-refractivity contribution >= 4 is 11.0 Å². The fourth-order valence-corrected chi connectivity index (χ4v) is 6.19. The van der Waals surface area contributed by atoms with Gasteiger partial charge in [0.25, 0.3) is 0 Å². The number of aromatic nitrogens is 3. The first kappa shape index (κ1) is 34.1. The standard InChI is InChI=1S/C44H40N3O.Pt/c1-43(2,3)33-22-23-45-38(28-33)32-24-31(25-34(26-32)44(4,5)6)36-18-13-19-39-41(36)46-42(47(39)35-16-11-8-12-17-35)37-27-30(20-21-40(37)48)29-14-9-7-10-15-29;/h7-23,25-28,48H,1-6H3;/q-1;. The molecule has 5 heteroatoms. The van der Waals surface area contributed by atoms with Crippen LogP contribution in [0.3, 0.4) is 0 Å². The summed E-state index contributed by atoms with van der Waals surface area (Å²) in [5, 5.41) is 11.3. The summed E-state index contributed by atoms with van der Waals surface area (Å²) < 4.78 is 2.14. The zero-order chi connectivity index (χ0) is 33.6. The number of pyridine rings is 1. The number of imidazole rings is 1. The quantitative estimate of drug-likeness (QED) is 0.176. The van der Waals surface area contributed by atoms with E-state index in [0.29, 0.717) is 11.4 Å². The molecule has 49 heavy (non-hydrogen) atoms. The van der Waals surface area contributed by atoms with Gasteiger partial charge < -0.3 is 5.11 Å². The maximum absolute atomic E-state index is 11.3. The predicted molar refractivity (Wildman–Crippen MR) is 199 cm³/mol. The Kier molecular flexibility index (Phi) is 9.22. The molecule has 0 aliphatic heterocycles. The zero-order valence-corrected chi connectivity index (χ0v) is 31.0. The van der Waals surface area contributed by atoms with E-state index in [4.69, 9.17) is 9.97 Å². The van der Waals surface area contributed by atoms with Crippen LogP contribution >= 0.6 is 0 Å². The molecule has 1 N–H and O–H groups in total. The van der Waals surface area contributed by atoms with Crippen molar-refractivity contribution in [3.05, 3.63) is 145 Å². The summed E-state index contributed by atoms with van der Waals surface area (Å²) >= 11 is 0. The number of hydrogen-bond acceptors (Lipinski definition) is 3. The van der Waals surface area contributed by atoms with Crippen molar-refractivity contribution in [2.24, 2.45) is 0 Å². The van der Waals surface area contributed by atoms with Crippen molar-refractivity contribution in [3.8, 4) is 56.3 Å². The summed E-state index contributed by atoms with van der Waals surface area (Å²) in [4.78, 5) is 10.1. The van der Waals surface area contributed by atoms with E-state index in [9.17, 15) is 5.11 Å². The molecule has 5 aromatic carbocycles. The van der Waals surface area contributed by atoms with Crippen LogP contribution in [0.25, 0.3) is 61.6 Å². The molecule has 0 saturated carbocycles. The second-order valence-electron chi connectivity index (χ2n) is 14.5. The minimum atomic E-state index is -0.105. The van der Waals surface area contributed by atoms with Crippen molar-refractivity contribution in [2.75, 3.05) is 0 Å². The van der Waals surface area contributed by atoms with Gasteiger partial charge in [0.1, 0.15) is 11.6 Å². The first-order valence-electron chi connectivity index (χ1n) is 16.5. The van der Waals surface area contributed by atoms with Gasteiger partial charge in [-0.2, -0.15) is 0 Å². The normalized spacial score (nSPS) is 11.8. The fourth-order valence-electron chi connectivity index (χ4n) is 6.19. The molecule has 4 nitrogen and oxygen atoms in total. The summed E-state index contributed by atoms with van der Waals surface area (Å²) in [5.74, 6) is 0.850. The number of rotatable bonds is 5. The Balaban J connectivity index is 0.00000417. The molecule has 0 atom stereocenters. The van der Waals surface area contributed by atoms with Gasteiger partial charge in [-0.15, -0.1) is 29.3 Å². The molecule has 2 heterocycles. The van der Waals surface area contributed by atoms with Gasteiger partial charge in [0.05, 0.1) is 16.6 Å². The Labute approximate surface area is 303 Å². The third-order valence-electron chi connectivity index (χ3n) is 8.97. The van der Waals surface area contributed by atoms with Crippen molar-refractivity contribution in [1.29, 1.82) is 0 Å². The van der Waals surface area contributed by atoms with E-state index >= 15 is 0 Å². The fraction of sp³-hybridized carbons (Fsp3) is 0.182. The van der Waals surface area contributed by atoms with Gasteiger partial charge in [0.15, 0.2) is 0 Å². The monoisotopic (exact) mass is 821 g/mol. The number of phenolic OH excluding ortho intramolecular Hbond substituents is 1. The summed E-state index contributed by atoms with van der Waals surface area (Å²) in [7, 11) is 0. The minimum absolute atomic E-state index is 0. The second-order valence-corrected chi connectivity index (χ2v) is 14.5. The van der Waals surface area contributed by atoms with Crippen molar-refractivity contribution in [2.45, 2.75) is 52.4 Å². The third-order valence-corrected chi connectivity index (χ3v) is 8.97. The van der Waals surface area contributed by atoms with Crippen LogP contribution in [0, 0.1) is 6.07 Å². The SMILES string of the molecule is CC(C)(C)c1cc(-c2cc(C(C)(C)C)ccn2)[c-]c(-c2cccc3c2nc(-c2cc(-c4ccccc4)ccc2O)n3-c2ccccc2)c1.[Pt]. The van der Waals surface area contributed by atoms with Crippen LogP contribution in [0.1, 0.15) is 52.7 Å². The molecule has 0 spiro atoms. The van der Waals surface area contributed by atoms with Gasteiger partial charge in [-0.25, -0.2) is 4.98 Å². The predicted octanol–water partition coefficient (Wildman–Crippen LogP) is 11.2. The van der Waals surface area contributed by atoms with Gasteiger partial charge in [-0.3, -0.25) is 9.55 Å². The van der Waals surface area contributed by atoms with Gasteiger partial charge in [-0.05, 0) is 63.9 Å². The Hall–Kier alpha value is -4.79. The third kappa shape index (κ3) is 6.76. The molecular formula is C44H40N3OPt-. The topological polar surface area (TPSA) is 50.9 Å². The second kappa shape index (κ2) is 13.3. The van der Waals surface area contributed by atoms with E-state index in [1.807, 2.05) is 54.7 Å². The van der Waals surface area contributed by atoms with Crippen LogP contribution in [0.4, 0.5) is 0 Å². The van der Waals surface area contributed by atoms with Crippen LogP contribution in [-0.4, -0.2) is 19.6 Å². The number of fused-ring (bicyclic) bond motifs is 1. The van der Waals surface area contributed by atoms with E-state index < -0.39 is 0 Å². The van der Waals surface area contributed by atoms with Gasteiger partial charge >= 0.3 is 0 Å². The number of hydrogen-bond donors (Lipinski definition) is 1. The minimum Gasteiger partial charge on any atom is -0.507 e. The largest absolute Gasteiger partial charge is 0.507 e. The molecule has 0 saturated heterocycles. The number of nitrogens with zero attached hydrogens (tertiary/aromatic N) is 3. The molecule has 0 bridgehead atoms. The zero-order valence-electron chi connectivity index (χ0n) is 28.7. The maximum atomic E-state index is 11.3.